The van der Waals surface area contributed by atoms with Crippen molar-refractivity contribution >= 4 is 5.91 Å². The van der Waals surface area contributed by atoms with Crippen LogP contribution in [0.3, 0.4) is 0 Å². The van der Waals surface area contributed by atoms with Crippen molar-refractivity contribution in [3.8, 4) is 0 Å². The van der Waals surface area contributed by atoms with Gasteiger partial charge >= 0.3 is 6.18 Å². The van der Waals surface area contributed by atoms with E-state index in [4.69, 9.17) is 0 Å². The minimum absolute atomic E-state index is 0.0871. The minimum Gasteiger partial charge on any atom is -0.341 e. The molecule has 2 aromatic rings. The molecule has 9 heteroatoms. The van der Waals surface area contributed by atoms with Crippen LogP contribution in [-0.4, -0.2) is 43.7 Å². The molecule has 1 aliphatic heterocycles. The van der Waals surface area contributed by atoms with E-state index in [1.165, 1.54) is 0 Å². The number of rotatable bonds is 3. The lowest BCUT2D eigenvalue weighted by Gasteiger charge is -2.28. The van der Waals surface area contributed by atoms with Gasteiger partial charge in [-0.1, -0.05) is 0 Å². The Morgan fingerprint density at radius 1 is 1.38 bits per heavy atom. The van der Waals surface area contributed by atoms with Crippen molar-refractivity contribution in [2.75, 3.05) is 13.6 Å². The highest BCUT2D eigenvalue weighted by Gasteiger charge is 2.36. The predicted octanol–water partition coefficient (Wildman–Crippen LogP) is 2.59. The molecule has 0 aromatic carbocycles. The standard InChI is InChI=1S/C17H22F3N5O/c1-10-15(11(2)24(4)22-10)16(26)23(3)7-12-5-6-14-21-13(17(18,19)20)9-25(14)8-12/h9,12H,5-8H2,1-4H3. The molecule has 0 saturated heterocycles. The molecule has 0 saturated carbocycles. The third-order valence-corrected chi connectivity index (χ3v) is 4.98. The number of carbonyl (C=O) groups is 1. The molecule has 3 rings (SSSR count). The van der Waals surface area contributed by atoms with Gasteiger partial charge < -0.3 is 9.47 Å². The Hall–Kier alpha value is -2.32. The third-order valence-electron chi connectivity index (χ3n) is 4.98. The molecule has 0 N–H and O–H groups in total. The van der Waals surface area contributed by atoms with Crippen LogP contribution in [0.1, 0.15) is 39.7 Å². The number of imidazole rings is 1. The molecular weight excluding hydrogens is 347 g/mol. The van der Waals surface area contributed by atoms with Gasteiger partial charge in [-0.05, 0) is 26.2 Å². The van der Waals surface area contributed by atoms with Crippen LogP contribution in [0.5, 0.6) is 0 Å². The number of aromatic nitrogens is 4. The summed E-state index contributed by atoms with van der Waals surface area (Å²) >= 11 is 0. The van der Waals surface area contributed by atoms with Crippen LogP contribution in [0.4, 0.5) is 13.2 Å². The molecule has 3 heterocycles. The number of alkyl halides is 3. The van der Waals surface area contributed by atoms with E-state index in [1.807, 2.05) is 6.92 Å². The zero-order chi connectivity index (χ0) is 19.2. The van der Waals surface area contributed by atoms with E-state index in [1.54, 1.807) is 35.2 Å². The van der Waals surface area contributed by atoms with E-state index in [2.05, 4.69) is 10.1 Å². The van der Waals surface area contributed by atoms with Gasteiger partial charge in [0.1, 0.15) is 5.82 Å². The highest BCUT2D eigenvalue weighted by Crippen LogP contribution is 2.31. The summed E-state index contributed by atoms with van der Waals surface area (Å²) in [5.41, 5.74) is 1.22. The van der Waals surface area contributed by atoms with E-state index in [0.29, 0.717) is 43.0 Å². The molecule has 1 amide bonds. The smallest absolute Gasteiger partial charge is 0.341 e. The molecule has 1 unspecified atom stereocenters. The lowest BCUT2D eigenvalue weighted by atomic mass is 9.98. The van der Waals surface area contributed by atoms with Gasteiger partial charge in [-0.15, -0.1) is 0 Å². The Labute approximate surface area is 149 Å². The van der Waals surface area contributed by atoms with Crippen LogP contribution < -0.4 is 0 Å². The first kappa shape index (κ1) is 18.5. The minimum atomic E-state index is -4.43. The quantitative estimate of drug-likeness (QED) is 0.836. The van der Waals surface area contributed by atoms with Crippen molar-refractivity contribution in [1.82, 2.24) is 24.2 Å². The second-order valence-electron chi connectivity index (χ2n) is 6.95. The zero-order valence-corrected chi connectivity index (χ0v) is 15.3. The molecule has 1 aliphatic rings. The Morgan fingerprint density at radius 2 is 2.08 bits per heavy atom. The highest BCUT2D eigenvalue weighted by molar-refractivity contribution is 5.96. The van der Waals surface area contributed by atoms with Gasteiger partial charge in [0.25, 0.3) is 5.91 Å². The maximum atomic E-state index is 12.8. The summed E-state index contributed by atoms with van der Waals surface area (Å²) in [6.07, 6.45) is -2.18. The summed E-state index contributed by atoms with van der Waals surface area (Å²) < 4.78 is 41.7. The summed E-state index contributed by atoms with van der Waals surface area (Å²) in [6, 6.07) is 0. The summed E-state index contributed by atoms with van der Waals surface area (Å²) in [7, 11) is 3.51. The largest absolute Gasteiger partial charge is 0.434 e. The van der Waals surface area contributed by atoms with Crippen molar-refractivity contribution < 1.29 is 18.0 Å². The summed E-state index contributed by atoms with van der Waals surface area (Å²) in [4.78, 5) is 18.1. The SMILES string of the molecule is Cc1nn(C)c(C)c1C(=O)N(C)CC1CCc2nc(C(F)(F)F)cn2C1. The first-order chi connectivity index (χ1) is 12.1. The first-order valence-corrected chi connectivity index (χ1v) is 8.46. The summed E-state index contributed by atoms with van der Waals surface area (Å²) in [5, 5.41) is 4.27. The fraction of sp³-hybridized carbons (Fsp3) is 0.588. The Balaban J connectivity index is 1.70. The van der Waals surface area contributed by atoms with Crippen LogP contribution in [0.15, 0.2) is 6.20 Å². The van der Waals surface area contributed by atoms with E-state index < -0.39 is 11.9 Å². The van der Waals surface area contributed by atoms with E-state index >= 15 is 0 Å². The fourth-order valence-corrected chi connectivity index (χ4v) is 3.54. The van der Waals surface area contributed by atoms with Crippen molar-refractivity contribution in [3.63, 3.8) is 0 Å². The summed E-state index contributed by atoms with van der Waals surface area (Å²) in [6.45, 7) is 4.55. The van der Waals surface area contributed by atoms with Crippen LogP contribution in [0.25, 0.3) is 0 Å². The van der Waals surface area contributed by atoms with Gasteiger partial charge in [0.05, 0.1) is 11.3 Å². The van der Waals surface area contributed by atoms with Crippen molar-refractivity contribution in [1.29, 1.82) is 0 Å². The number of carbonyl (C=O) groups excluding carboxylic acids is 1. The van der Waals surface area contributed by atoms with E-state index in [-0.39, 0.29) is 11.8 Å². The van der Waals surface area contributed by atoms with Crippen LogP contribution in [0.2, 0.25) is 0 Å². The fourth-order valence-electron chi connectivity index (χ4n) is 3.54. The molecule has 0 aliphatic carbocycles. The Morgan fingerprint density at radius 3 is 2.65 bits per heavy atom. The summed E-state index contributed by atoms with van der Waals surface area (Å²) in [5.74, 6) is 0.436. The molecule has 6 nitrogen and oxygen atoms in total. The maximum absolute atomic E-state index is 12.8. The number of fused-ring (bicyclic) bond motifs is 1. The van der Waals surface area contributed by atoms with Gasteiger partial charge in [-0.2, -0.15) is 18.3 Å². The topological polar surface area (TPSA) is 56.0 Å². The highest BCUT2D eigenvalue weighted by atomic mass is 19.4. The number of hydrogen-bond acceptors (Lipinski definition) is 3. The van der Waals surface area contributed by atoms with Crippen LogP contribution >= 0.6 is 0 Å². The van der Waals surface area contributed by atoms with Crippen LogP contribution in [-0.2, 0) is 26.2 Å². The number of amides is 1. The van der Waals surface area contributed by atoms with E-state index in [0.717, 1.165) is 11.9 Å². The molecule has 2 aromatic heterocycles. The van der Waals surface area contributed by atoms with Gasteiger partial charge in [-0.3, -0.25) is 9.48 Å². The molecule has 0 radical (unpaired) electrons. The first-order valence-electron chi connectivity index (χ1n) is 8.46. The molecule has 26 heavy (non-hydrogen) atoms. The average Bonchev–Trinajstić information content (AvgIpc) is 3.07. The zero-order valence-electron chi connectivity index (χ0n) is 15.3. The molecule has 0 spiro atoms. The lowest BCUT2D eigenvalue weighted by Crippen LogP contribution is -2.35. The average molecular weight is 369 g/mol. The van der Waals surface area contributed by atoms with Crippen molar-refractivity contribution in [3.05, 3.63) is 34.7 Å². The molecule has 1 atom stereocenters. The normalized spacial score (nSPS) is 17.3. The number of aryl methyl sites for hydroxylation is 3. The lowest BCUT2D eigenvalue weighted by molar-refractivity contribution is -0.141. The van der Waals surface area contributed by atoms with Gasteiger partial charge in [-0.25, -0.2) is 4.98 Å². The molecular formula is C17H22F3N5O. The monoisotopic (exact) mass is 369 g/mol. The maximum Gasteiger partial charge on any atom is 0.434 e. The molecule has 0 fully saturated rings. The van der Waals surface area contributed by atoms with Crippen molar-refractivity contribution in [2.45, 2.75) is 39.4 Å². The van der Waals surface area contributed by atoms with Gasteiger partial charge in [0.2, 0.25) is 0 Å². The third kappa shape index (κ3) is 3.34. The van der Waals surface area contributed by atoms with Gasteiger partial charge in [0, 0.05) is 45.5 Å². The second-order valence-corrected chi connectivity index (χ2v) is 6.95. The number of nitrogens with zero attached hydrogens (tertiary/aromatic N) is 5. The van der Waals surface area contributed by atoms with E-state index in [9.17, 15) is 18.0 Å². The Kier molecular flexibility index (Phi) is 4.58. The Bertz CT molecular complexity index is 836. The number of hydrogen-bond donors (Lipinski definition) is 0. The van der Waals surface area contributed by atoms with Crippen LogP contribution in [0, 0.1) is 19.8 Å². The van der Waals surface area contributed by atoms with Gasteiger partial charge in [0.15, 0.2) is 5.69 Å². The second kappa shape index (κ2) is 6.44. The molecule has 142 valence electrons. The molecule has 0 bridgehead atoms. The number of halogens is 3. The van der Waals surface area contributed by atoms with Crippen molar-refractivity contribution in [2.24, 2.45) is 13.0 Å². The predicted molar refractivity (Wildman–Crippen MR) is 88.7 cm³/mol.